The summed E-state index contributed by atoms with van der Waals surface area (Å²) >= 11 is 0. The second-order valence-corrected chi connectivity index (χ2v) is 3.72. The van der Waals surface area contributed by atoms with Gasteiger partial charge in [0.2, 0.25) is 5.76 Å². The maximum atomic E-state index is 12.3. The summed E-state index contributed by atoms with van der Waals surface area (Å²) in [5.74, 6) is -3.28. The third kappa shape index (κ3) is 4.37. The van der Waals surface area contributed by atoms with Crippen LogP contribution in [0.5, 0.6) is 0 Å². The van der Waals surface area contributed by atoms with Crippen LogP contribution >= 0.6 is 0 Å². The van der Waals surface area contributed by atoms with Gasteiger partial charge in [0.05, 0.1) is 10.6 Å². The molecular formula is C11H8F3N3O4. The van der Waals surface area contributed by atoms with Crippen LogP contribution in [0.3, 0.4) is 0 Å². The number of nitrogens with zero attached hydrogens (tertiary/aromatic N) is 3. The standard InChI is InChI=1S/C11H8F3N3O4/c1-6(18)9(10(19)11(12,13)14)16-15-7-2-4-8(5-3-7)17(20)21/h2-5,19H,1H3. The van der Waals surface area contributed by atoms with Crippen LogP contribution in [-0.2, 0) is 4.79 Å². The highest BCUT2D eigenvalue weighted by atomic mass is 19.4. The molecule has 0 bridgehead atoms. The third-order valence-corrected chi connectivity index (χ3v) is 2.15. The number of ketones is 1. The van der Waals surface area contributed by atoms with Crippen molar-refractivity contribution in [1.82, 2.24) is 0 Å². The number of non-ortho nitro benzene ring substituents is 1. The smallest absolute Gasteiger partial charge is 0.451 e. The lowest BCUT2D eigenvalue weighted by Crippen LogP contribution is -2.16. The maximum Gasteiger partial charge on any atom is 0.451 e. The van der Waals surface area contributed by atoms with E-state index < -0.39 is 28.3 Å². The van der Waals surface area contributed by atoms with E-state index in [1.165, 1.54) is 0 Å². The number of carbonyl (C=O) groups is 1. The van der Waals surface area contributed by atoms with Crippen LogP contribution in [0.25, 0.3) is 0 Å². The van der Waals surface area contributed by atoms with Gasteiger partial charge in [-0.15, -0.1) is 5.11 Å². The van der Waals surface area contributed by atoms with Crippen LogP contribution in [-0.4, -0.2) is 22.0 Å². The molecule has 0 aliphatic carbocycles. The van der Waals surface area contributed by atoms with Crippen molar-refractivity contribution in [1.29, 1.82) is 0 Å². The van der Waals surface area contributed by atoms with Crippen molar-refractivity contribution < 1.29 is 28.0 Å². The summed E-state index contributed by atoms with van der Waals surface area (Å²) in [4.78, 5) is 20.8. The Morgan fingerprint density at radius 2 is 1.81 bits per heavy atom. The Morgan fingerprint density at radius 1 is 1.29 bits per heavy atom. The van der Waals surface area contributed by atoms with Crippen molar-refractivity contribution in [3.63, 3.8) is 0 Å². The number of aliphatic hydroxyl groups excluding tert-OH is 1. The predicted octanol–water partition coefficient (Wildman–Crippen LogP) is 3.60. The Hall–Kier alpha value is -2.78. The van der Waals surface area contributed by atoms with Gasteiger partial charge in [0, 0.05) is 19.1 Å². The predicted molar refractivity (Wildman–Crippen MR) is 64.0 cm³/mol. The highest BCUT2D eigenvalue weighted by molar-refractivity contribution is 5.93. The molecule has 21 heavy (non-hydrogen) atoms. The first-order valence-electron chi connectivity index (χ1n) is 5.30. The molecule has 0 spiro atoms. The minimum atomic E-state index is -5.13. The fraction of sp³-hybridized carbons (Fsp3) is 0.182. The van der Waals surface area contributed by atoms with Gasteiger partial charge in [-0.05, 0) is 12.1 Å². The lowest BCUT2D eigenvalue weighted by atomic mass is 10.2. The van der Waals surface area contributed by atoms with Crippen molar-refractivity contribution >= 4 is 17.2 Å². The quantitative estimate of drug-likeness (QED) is 0.301. The molecule has 0 atom stereocenters. The van der Waals surface area contributed by atoms with Gasteiger partial charge in [-0.2, -0.15) is 18.3 Å². The van der Waals surface area contributed by atoms with Gasteiger partial charge < -0.3 is 5.11 Å². The van der Waals surface area contributed by atoms with Crippen LogP contribution in [0.4, 0.5) is 24.5 Å². The number of nitro groups is 1. The minimum absolute atomic E-state index is 0.0191. The molecule has 1 rings (SSSR count). The van der Waals surface area contributed by atoms with E-state index in [0.717, 1.165) is 31.2 Å². The number of nitro benzene ring substituents is 1. The maximum absolute atomic E-state index is 12.3. The molecule has 10 heteroatoms. The third-order valence-electron chi connectivity index (χ3n) is 2.15. The molecule has 0 saturated heterocycles. The molecule has 0 unspecified atom stereocenters. The van der Waals surface area contributed by atoms with E-state index in [1.807, 2.05) is 0 Å². The molecule has 7 nitrogen and oxygen atoms in total. The van der Waals surface area contributed by atoms with E-state index in [-0.39, 0.29) is 11.4 Å². The molecule has 0 radical (unpaired) electrons. The summed E-state index contributed by atoms with van der Waals surface area (Å²) in [5, 5.41) is 25.7. The molecule has 0 saturated carbocycles. The second-order valence-electron chi connectivity index (χ2n) is 3.72. The van der Waals surface area contributed by atoms with Crippen molar-refractivity contribution in [2.75, 3.05) is 0 Å². The molecule has 0 heterocycles. The van der Waals surface area contributed by atoms with Gasteiger partial charge in [0.25, 0.3) is 5.69 Å². The molecule has 0 aliphatic rings. The first-order chi connectivity index (χ1) is 9.62. The number of aliphatic hydroxyl groups is 1. The highest BCUT2D eigenvalue weighted by Gasteiger charge is 2.38. The van der Waals surface area contributed by atoms with Crippen LogP contribution in [0.2, 0.25) is 0 Å². The monoisotopic (exact) mass is 303 g/mol. The molecule has 112 valence electrons. The summed E-state index contributed by atoms with van der Waals surface area (Å²) in [7, 11) is 0. The molecule has 0 aliphatic heterocycles. The number of hydrogen-bond donors (Lipinski definition) is 1. The normalized spacial score (nSPS) is 13.1. The molecule has 0 amide bonds. The van der Waals surface area contributed by atoms with Gasteiger partial charge in [-0.3, -0.25) is 14.9 Å². The average molecular weight is 303 g/mol. The van der Waals surface area contributed by atoms with Crippen LogP contribution in [0.15, 0.2) is 46.0 Å². The van der Waals surface area contributed by atoms with Gasteiger partial charge in [-0.1, -0.05) is 0 Å². The molecule has 0 fully saturated rings. The van der Waals surface area contributed by atoms with Crippen molar-refractivity contribution in [3.8, 4) is 0 Å². The van der Waals surface area contributed by atoms with Gasteiger partial charge in [0.1, 0.15) is 0 Å². The van der Waals surface area contributed by atoms with Crippen LogP contribution in [0, 0.1) is 10.1 Å². The highest BCUT2D eigenvalue weighted by Crippen LogP contribution is 2.28. The minimum Gasteiger partial charge on any atom is -0.503 e. The first kappa shape index (κ1) is 16.3. The Labute approximate surface area is 115 Å². The van der Waals surface area contributed by atoms with Crippen LogP contribution < -0.4 is 0 Å². The van der Waals surface area contributed by atoms with E-state index in [2.05, 4.69) is 10.2 Å². The van der Waals surface area contributed by atoms with E-state index in [0.29, 0.717) is 0 Å². The largest absolute Gasteiger partial charge is 0.503 e. The van der Waals surface area contributed by atoms with Gasteiger partial charge in [-0.25, -0.2) is 0 Å². The summed E-state index contributed by atoms with van der Waals surface area (Å²) in [6, 6.07) is 4.39. The number of alkyl halides is 3. The summed E-state index contributed by atoms with van der Waals surface area (Å²) < 4.78 is 36.9. The Balaban J connectivity index is 3.10. The number of halogens is 3. The first-order valence-corrected chi connectivity index (χ1v) is 5.30. The van der Waals surface area contributed by atoms with E-state index in [1.54, 1.807) is 0 Å². The zero-order valence-electron chi connectivity index (χ0n) is 10.5. The topological polar surface area (TPSA) is 105 Å². The number of carbonyl (C=O) groups excluding carboxylic acids is 1. The Bertz CT molecular complexity index is 621. The number of benzene rings is 1. The van der Waals surface area contributed by atoms with E-state index in [9.17, 15) is 28.1 Å². The lowest BCUT2D eigenvalue weighted by molar-refractivity contribution is -0.384. The number of rotatable bonds is 4. The summed E-state index contributed by atoms with van der Waals surface area (Å²) in [6.07, 6.45) is -5.13. The molecule has 0 aromatic heterocycles. The number of Topliss-reactive ketones (excluding diaryl/α,β-unsaturated/α-hetero) is 1. The van der Waals surface area contributed by atoms with Crippen molar-refractivity contribution in [2.24, 2.45) is 10.2 Å². The summed E-state index contributed by atoms with van der Waals surface area (Å²) in [6.45, 7) is 0.784. The van der Waals surface area contributed by atoms with E-state index >= 15 is 0 Å². The van der Waals surface area contributed by atoms with Crippen LogP contribution in [0.1, 0.15) is 6.92 Å². The summed E-state index contributed by atoms with van der Waals surface area (Å²) in [5.41, 5.74) is -1.51. The average Bonchev–Trinajstić information content (AvgIpc) is 2.37. The lowest BCUT2D eigenvalue weighted by Gasteiger charge is -2.06. The zero-order valence-corrected chi connectivity index (χ0v) is 10.5. The Morgan fingerprint density at radius 3 is 2.19 bits per heavy atom. The zero-order chi connectivity index (χ0) is 16.2. The van der Waals surface area contributed by atoms with Crippen molar-refractivity contribution in [3.05, 3.63) is 45.8 Å². The van der Waals surface area contributed by atoms with Gasteiger partial charge >= 0.3 is 6.18 Å². The molecular weight excluding hydrogens is 295 g/mol. The fourth-order valence-corrected chi connectivity index (χ4v) is 1.17. The molecule has 1 aromatic carbocycles. The molecule has 1 aromatic rings. The van der Waals surface area contributed by atoms with E-state index in [4.69, 9.17) is 5.11 Å². The fourth-order valence-electron chi connectivity index (χ4n) is 1.17. The second kappa shape index (κ2) is 6.11. The van der Waals surface area contributed by atoms with Gasteiger partial charge in [0.15, 0.2) is 11.5 Å². The Kier molecular flexibility index (Phi) is 4.74. The number of hydrogen-bond acceptors (Lipinski definition) is 6. The van der Waals surface area contributed by atoms with Crippen molar-refractivity contribution in [2.45, 2.75) is 13.1 Å². The SMILES string of the molecule is CC(=O)C(N=Nc1ccc([N+](=O)[O-])cc1)=C(O)C(F)(F)F. The molecule has 1 N–H and O–H groups in total. The number of azo groups is 1. The number of allylic oxidation sites excluding steroid dienone is 2.